The van der Waals surface area contributed by atoms with E-state index in [2.05, 4.69) is 32.6 Å². The van der Waals surface area contributed by atoms with Gasteiger partial charge in [-0.2, -0.15) is 0 Å². The van der Waals surface area contributed by atoms with Crippen LogP contribution in [0.4, 0.5) is 10.6 Å². The van der Waals surface area contributed by atoms with E-state index in [1.807, 2.05) is 31.4 Å². The highest BCUT2D eigenvalue weighted by Crippen LogP contribution is 2.30. The van der Waals surface area contributed by atoms with Crippen LogP contribution in [-0.2, 0) is 4.74 Å². The van der Waals surface area contributed by atoms with Crippen LogP contribution in [0.2, 0.25) is 0 Å². The standard InChI is InChI=1S/C15H20IN5O2/c1-15(2,3)23-14(22)20-6-4-9(8-20)13-19-11(16)10-12(17)18-5-7-21(10)13/h5,7,9H,4,6,8H2,1-3H3,(H2,17,18)/t9-/m0/s1. The summed E-state index contributed by atoms with van der Waals surface area (Å²) in [6.07, 6.45) is 4.13. The number of likely N-dealkylation sites (tertiary alicyclic amines) is 1. The Morgan fingerprint density at radius 2 is 2.22 bits per heavy atom. The Balaban J connectivity index is 1.83. The van der Waals surface area contributed by atoms with E-state index in [0.717, 1.165) is 21.5 Å². The molecular formula is C15H20IN5O2. The Kier molecular flexibility index (Phi) is 4.11. The molecule has 1 aliphatic heterocycles. The summed E-state index contributed by atoms with van der Waals surface area (Å²) in [5, 5.41) is 0. The van der Waals surface area contributed by atoms with Gasteiger partial charge in [0.1, 0.15) is 20.6 Å². The molecule has 0 bridgehead atoms. The lowest BCUT2D eigenvalue weighted by Crippen LogP contribution is -2.35. The molecule has 0 spiro atoms. The smallest absolute Gasteiger partial charge is 0.410 e. The van der Waals surface area contributed by atoms with Crippen LogP contribution in [0.1, 0.15) is 38.9 Å². The molecular weight excluding hydrogens is 409 g/mol. The second kappa shape index (κ2) is 5.81. The SMILES string of the molecule is CC(C)(C)OC(=O)N1CC[C@H](c2nc(I)c3c(N)nccn23)C1. The first-order valence-corrected chi connectivity index (χ1v) is 8.60. The molecule has 3 heterocycles. The maximum absolute atomic E-state index is 12.2. The van der Waals surface area contributed by atoms with Crippen molar-refractivity contribution in [2.75, 3.05) is 18.8 Å². The van der Waals surface area contributed by atoms with Crippen LogP contribution >= 0.6 is 22.6 Å². The van der Waals surface area contributed by atoms with Gasteiger partial charge in [0.25, 0.3) is 0 Å². The minimum atomic E-state index is -0.481. The maximum atomic E-state index is 12.2. The number of amides is 1. The molecule has 1 atom stereocenters. The molecule has 0 aromatic carbocycles. The zero-order chi connectivity index (χ0) is 16.8. The number of nitrogens with two attached hydrogens (primary N) is 1. The molecule has 8 heteroatoms. The van der Waals surface area contributed by atoms with Crippen LogP contribution in [0, 0.1) is 3.70 Å². The number of anilines is 1. The van der Waals surface area contributed by atoms with E-state index in [0.29, 0.717) is 18.9 Å². The lowest BCUT2D eigenvalue weighted by molar-refractivity contribution is 0.0292. The van der Waals surface area contributed by atoms with Gasteiger partial charge in [0.05, 0.1) is 0 Å². The number of hydrogen-bond acceptors (Lipinski definition) is 5. The molecule has 1 aliphatic rings. The van der Waals surface area contributed by atoms with Gasteiger partial charge >= 0.3 is 6.09 Å². The second-order valence-electron chi connectivity index (χ2n) is 6.70. The normalized spacial score (nSPS) is 18.6. The van der Waals surface area contributed by atoms with Gasteiger partial charge in [0.15, 0.2) is 5.82 Å². The van der Waals surface area contributed by atoms with Crippen molar-refractivity contribution >= 4 is 40.0 Å². The summed E-state index contributed by atoms with van der Waals surface area (Å²) in [5.74, 6) is 1.56. The van der Waals surface area contributed by atoms with Crippen molar-refractivity contribution in [1.29, 1.82) is 0 Å². The molecule has 0 saturated carbocycles. The van der Waals surface area contributed by atoms with Crippen molar-refractivity contribution in [2.24, 2.45) is 0 Å². The van der Waals surface area contributed by atoms with Gasteiger partial charge in [-0.3, -0.25) is 4.40 Å². The number of halogens is 1. The third kappa shape index (κ3) is 3.22. The number of rotatable bonds is 1. The average molecular weight is 429 g/mol. The van der Waals surface area contributed by atoms with Crippen molar-refractivity contribution in [2.45, 2.75) is 38.7 Å². The minimum absolute atomic E-state index is 0.167. The molecule has 124 valence electrons. The summed E-state index contributed by atoms with van der Waals surface area (Å²) in [7, 11) is 0. The molecule has 2 aromatic heterocycles. The largest absolute Gasteiger partial charge is 0.444 e. The quantitative estimate of drug-likeness (QED) is 0.705. The van der Waals surface area contributed by atoms with E-state index >= 15 is 0 Å². The number of carbonyl (C=O) groups excluding carboxylic acids is 1. The fraction of sp³-hybridized carbons (Fsp3) is 0.533. The highest BCUT2D eigenvalue weighted by molar-refractivity contribution is 14.1. The molecule has 2 aromatic rings. The Bertz CT molecular complexity index is 752. The van der Waals surface area contributed by atoms with E-state index in [9.17, 15) is 4.79 Å². The van der Waals surface area contributed by atoms with Crippen molar-refractivity contribution in [3.8, 4) is 0 Å². The van der Waals surface area contributed by atoms with Crippen molar-refractivity contribution in [3.63, 3.8) is 0 Å². The van der Waals surface area contributed by atoms with E-state index in [1.165, 1.54) is 0 Å². The van der Waals surface area contributed by atoms with E-state index in [-0.39, 0.29) is 12.0 Å². The van der Waals surface area contributed by atoms with Crippen LogP contribution in [-0.4, -0.2) is 44.1 Å². The average Bonchev–Trinajstić information content (AvgIpc) is 3.02. The molecule has 0 radical (unpaired) electrons. The van der Waals surface area contributed by atoms with Gasteiger partial charge in [-0.05, 0) is 49.8 Å². The van der Waals surface area contributed by atoms with Crippen LogP contribution in [0.15, 0.2) is 12.4 Å². The van der Waals surface area contributed by atoms with E-state index in [1.54, 1.807) is 11.1 Å². The minimum Gasteiger partial charge on any atom is -0.444 e. The number of ether oxygens (including phenoxy) is 1. The molecule has 1 amide bonds. The van der Waals surface area contributed by atoms with Crippen LogP contribution in [0.25, 0.3) is 5.52 Å². The zero-order valence-electron chi connectivity index (χ0n) is 13.4. The fourth-order valence-corrected chi connectivity index (χ4v) is 3.58. The molecule has 2 N–H and O–H groups in total. The highest BCUT2D eigenvalue weighted by Gasteiger charge is 2.33. The fourth-order valence-electron chi connectivity index (χ4n) is 2.79. The summed E-state index contributed by atoms with van der Waals surface area (Å²) < 4.78 is 8.26. The predicted molar refractivity (Wildman–Crippen MR) is 95.3 cm³/mol. The van der Waals surface area contributed by atoms with Crippen molar-refractivity contribution in [1.82, 2.24) is 19.3 Å². The Morgan fingerprint density at radius 3 is 2.91 bits per heavy atom. The number of carbonyl (C=O) groups is 1. The Hall–Kier alpha value is -1.58. The van der Waals surface area contributed by atoms with Gasteiger partial charge in [-0.1, -0.05) is 0 Å². The third-order valence-electron chi connectivity index (χ3n) is 3.77. The first kappa shape index (κ1) is 16.3. The highest BCUT2D eigenvalue weighted by atomic mass is 127. The third-order valence-corrected chi connectivity index (χ3v) is 4.53. The summed E-state index contributed by atoms with van der Waals surface area (Å²) in [5.41, 5.74) is 6.30. The van der Waals surface area contributed by atoms with E-state index < -0.39 is 5.60 Å². The Labute approximate surface area is 148 Å². The lowest BCUT2D eigenvalue weighted by Gasteiger charge is -2.24. The predicted octanol–water partition coefficient (Wildman–Crippen LogP) is 2.64. The molecule has 23 heavy (non-hydrogen) atoms. The number of nitrogen functional groups attached to an aromatic ring is 1. The first-order valence-electron chi connectivity index (χ1n) is 7.52. The monoisotopic (exact) mass is 429 g/mol. The summed E-state index contributed by atoms with van der Waals surface area (Å²) in [4.78, 5) is 22.7. The molecule has 1 saturated heterocycles. The van der Waals surface area contributed by atoms with Crippen molar-refractivity contribution < 1.29 is 9.53 Å². The molecule has 0 unspecified atom stereocenters. The molecule has 1 fully saturated rings. The number of nitrogens with zero attached hydrogens (tertiary/aromatic N) is 4. The van der Waals surface area contributed by atoms with Crippen molar-refractivity contribution in [3.05, 3.63) is 21.9 Å². The van der Waals surface area contributed by atoms with Gasteiger partial charge in [-0.15, -0.1) is 0 Å². The zero-order valence-corrected chi connectivity index (χ0v) is 15.6. The summed E-state index contributed by atoms with van der Waals surface area (Å²) >= 11 is 2.17. The summed E-state index contributed by atoms with van der Waals surface area (Å²) in [6, 6.07) is 0. The Morgan fingerprint density at radius 1 is 1.48 bits per heavy atom. The number of aromatic nitrogens is 3. The maximum Gasteiger partial charge on any atom is 0.410 e. The van der Waals surface area contributed by atoms with Gasteiger partial charge in [-0.25, -0.2) is 14.8 Å². The van der Waals surface area contributed by atoms with Crippen LogP contribution in [0.3, 0.4) is 0 Å². The van der Waals surface area contributed by atoms with E-state index in [4.69, 9.17) is 10.5 Å². The van der Waals surface area contributed by atoms with Crippen LogP contribution < -0.4 is 5.73 Å². The molecule has 3 rings (SSSR count). The molecule has 7 nitrogen and oxygen atoms in total. The lowest BCUT2D eigenvalue weighted by atomic mass is 10.1. The first-order chi connectivity index (χ1) is 10.8. The number of imidazole rings is 1. The van der Waals surface area contributed by atoms with Crippen LogP contribution in [0.5, 0.6) is 0 Å². The second-order valence-corrected chi connectivity index (χ2v) is 7.73. The molecule has 0 aliphatic carbocycles. The topological polar surface area (TPSA) is 85.8 Å². The van der Waals surface area contributed by atoms with Gasteiger partial charge in [0, 0.05) is 31.4 Å². The summed E-state index contributed by atoms with van der Waals surface area (Å²) in [6.45, 7) is 6.90. The number of hydrogen-bond donors (Lipinski definition) is 1. The van der Waals surface area contributed by atoms with Gasteiger partial charge < -0.3 is 15.4 Å². The van der Waals surface area contributed by atoms with Gasteiger partial charge in [0.2, 0.25) is 0 Å². The number of fused-ring (bicyclic) bond motifs is 1.